The number of carbonyl (C=O) groups is 1. The Labute approximate surface area is 201 Å². The van der Waals surface area contributed by atoms with Crippen LogP contribution in [0.4, 0.5) is 10.7 Å². The molecule has 0 bridgehead atoms. The Morgan fingerprint density at radius 2 is 2.15 bits per heavy atom. The van der Waals surface area contributed by atoms with E-state index in [4.69, 9.17) is 40.6 Å². The molecule has 0 aliphatic heterocycles. The highest BCUT2D eigenvalue weighted by Crippen LogP contribution is 2.39. The number of aromatic amines is 1. The third kappa shape index (κ3) is 7.93. The van der Waals surface area contributed by atoms with Crippen molar-refractivity contribution in [1.82, 2.24) is 19.5 Å². The van der Waals surface area contributed by atoms with Crippen LogP contribution in [-0.2, 0) is 36.4 Å². The molecule has 0 saturated heterocycles. The number of H-pyrrole nitrogens is 1. The van der Waals surface area contributed by atoms with Crippen molar-refractivity contribution in [2.24, 2.45) is 0 Å². The number of rotatable bonds is 12. The Kier molecular flexibility index (Phi) is 9.61. The van der Waals surface area contributed by atoms with Crippen LogP contribution in [0.1, 0.15) is 19.4 Å². The average molecular weight is 514 g/mol. The first-order valence-corrected chi connectivity index (χ1v) is 12.0. The van der Waals surface area contributed by atoms with Gasteiger partial charge >= 0.3 is 6.16 Å². The molecule has 0 aliphatic carbocycles. The van der Waals surface area contributed by atoms with Gasteiger partial charge in [0.05, 0.1) is 25.6 Å². The Balaban J connectivity index is 1.52. The van der Waals surface area contributed by atoms with E-state index in [2.05, 4.69) is 15.0 Å². The second kappa shape index (κ2) is 12.6. The van der Waals surface area contributed by atoms with E-state index in [1.807, 2.05) is 12.1 Å². The number of carbonyl (C=O) groups excluding carboxylic acids is 1. The Hall–Kier alpha value is -2.76. The fourth-order valence-corrected chi connectivity index (χ4v) is 3.86. The number of nitrogens with two attached hydrogens (primary N) is 1. The van der Waals surface area contributed by atoms with Gasteiger partial charge in [-0.1, -0.05) is 23.7 Å². The lowest BCUT2D eigenvalue weighted by atomic mass is 10.2. The minimum atomic E-state index is -1.57. The van der Waals surface area contributed by atoms with Crippen molar-refractivity contribution < 1.29 is 28.1 Å². The third-order valence-electron chi connectivity index (χ3n) is 4.14. The maximum atomic E-state index is 11.9. The highest BCUT2D eigenvalue weighted by Gasteiger charge is 2.15. The summed E-state index contributed by atoms with van der Waals surface area (Å²) in [6.45, 7) is 3.90. The molecule has 0 amide bonds. The maximum Gasteiger partial charge on any atom is 0.510 e. The fraction of sp³-hybridized carbons (Fsp3) is 0.400. The van der Waals surface area contributed by atoms with Crippen LogP contribution in [0, 0.1) is 0 Å². The SMILES string of the molecule is CC(C)OC(=O)OCOP(COCCn1cnc2c(=O)[nH]c(N)nc21)OCc1cccc(Cl)c1. The molecule has 0 saturated carbocycles. The number of halogens is 1. The van der Waals surface area contributed by atoms with Gasteiger partial charge in [0.15, 0.2) is 11.2 Å². The number of anilines is 1. The van der Waals surface area contributed by atoms with Crippen LogP contribution in [0.3, 0.4) is 0 Å². The van der Waals surface area contributed by atoms with Crippen LogP contribution >= 0.6 is 20.0 Å². The van der Waals surface area contributed by atoms with E-state index in [1.54, 1.807) is 30.5 Å². The van der Waals surface area contributed by atoms with E-state index in [0.717, 1.165) is 5.56 Å². The molecule has 0 aliphatic rings. The van der Waals surface area contributed by atoms with Crippen molar-refractivity contribution in [3.8, 4) is 0 Å². The number of nitrogen functional groups attached to an aromatic ring is 1. The molecule has 1 unspecified atom stereocenters. The highest BCUT2D eigenvalue weighted by atomic mass is 35.5. The van der Waals surface area contributed by atoms with Gasteiger partial charge in [-0.15, -0.1) is 0 Å². The topological polar surface area (TPSA) is 153 Å². The number of aromatic nitrogens is 4. The lowest BCUT2D eigenvalue weighted by Crippen LogP contribution is -2.15. The molecule has 2 aromatic heterocycles. The van der Waals surface area contributed by atoms with Crippen LogP contribution < -0.4 is 11.3 Å². The summed E-state index contributed by atoms with van der Waals surface area (Å²) in [6.07, 6.45) is 0.436. The highest BCUT2D eigenvalue weighted by molar-refractivity contribution is 7.46. The average Bonchev–Trinajstić information content (AvgIpc) is 3.17. The van der Waals surface area contributed by atoms with Crippen molar-refractivity contribution >= 4 is 43.2 Å². The molecule has 34 heavy (non-hydrogen) atoms. The van der Waals surface area contributed by atoms with Gasteiger partial charge in [0.25, 0.3) is 5.56 Å². The number of nitrogens with zero attached hydrogens (tertiary/aromatic N) is 3. The summed E-state index contributed by atoms with van der Waals surface area (Å²) in [5, 5.41) is 0.586. The van der Waals surface area contributed by atoms with Crippen LogP contribution in [0.2, 0.25) is 5.02 Å². The monoisotopic (exact) mass is 513 g/mol. The second-order valence-corrected chi connectivity index (χ2v) is 9.02. The van der Waals surface area contributed by atoms with E-state index in [0.29, 0.717) is 17.2 Å². The van der Waals surface area contributed by atoms with Crippen molar-refractivity contribution in [3.05, 3.63) is 51.5 Å². The number of hydrogen-bond acceptors (Lipinski definition) is 10. The van der Waals surface area contributed by atoms with Gasteiger partial charge in [0.1, 0.15) is 6.35 Å². The smallest absolute Gasteiger partial charge is 0.432 e. The van der Waals surface area contributed by atoms with Crippen LogP contribution in [0.5, 0.6) is 0 Å². The van der Waals surface area contributed by atoms with E-state index in [-0.39, 0.29) is 43.9 Å². The Morgan fingerprint density at radius 1 is 1.32 bits per heavy atom. The first-order valence-electron chi connectivity index (χ1n) is 10.2. The lowest BCUT2D eigenvalue weighted by Gasteiger charge is -2.18. The van der Waals surface area contributed by atoms with Crippen LogP contribution in [0.15, 0.2) is 35.4 Å². The van der Waals surface area contributed by atoms with Crippen molar-refractivity contribution in [1.29, 1.82) is 0 Å². The number of hydrogen-bond donors (Lipinski definition) is 2. The van der Waals surface area contributed by atoms with E-state index in [1.165, 1.54) is 6.33 Å². The molecule has 1 atom stereocenters. The van der Waals surface area contributed by atoms with E-state index < -0.39 is 20.1 Å². The number of nitrogens with one attached hydrogen (secondary N) is 1. The molecule has 3 aromatic rings. The summed E-state index contributed by atoms with van der Waals surface area (Å²) in [5.41, 5.74) is 6.60. The van der Waals surface area contributed by atoms with Gasteiger partial charge in [-0.05, 0) is 31.5 Å². The van der Waals surface area contributed by atoms with E-state index in [9.17, 15) is 9.59 Å². The molecule has 184 valence electrons. The number of ether oxygens (including phenoxy) is 3. The van der Waals surface area contributed by atoms with Crippen LogP contribution in [-0.4, -0.2) is 51.5 Å². The molecular formula is C20H25ClN5O7P. The van der Waals surface area contributed by atoms with E-state index >= 15 is 0 Å². The Bertz CT molecular complexity index is 1160. The summed E-state index contributed by atoms with van der Waals surface area (Å²) in [6, 6.07) is 7.21. The largest absolute Gasteiger partial charge is 0.510 e. The molecule has 1 aromatic carbocycles. The molecule has 0 spiro atoms. The lowest BCUT2D eigenvalue weighted by molar-refractivity contribution is -0.0113. The number of imidazole rings is 1. The number of benzene rings is 1. The molecule has 2 heterocycles. The quantitative estimate of drug-likeness (QED) is 0.159. The molecule has 0 fully saturated rings. The standard InChI is InChI=1S/C20H25ClN5O7P/c1-13(2)33-20(28)30-11-32-34(31-9-14-4-3-5-15(21)8-14)12-29-7-6-26-10-23-16-17(26)24-19(22)25-18(16)27/h3-5,8,10,13H,6-7,9,11-12H2,1-2H3,(H3,22,24,25,27). The van der Waals surface area contributed by atoms with Gasteiger partial charge in [-0.25, -0.2) is 9.78 Å². The second-order valence-electron chi connectivity index (χ2n) is 7.14. The minimum absolute atomic E-state index is 0.00231. The fourth-order valence-electron chi connectivity index (χ4n) is 2.68. The van der Waals surface area contributed by atoms with Gasteiger partial charge < -0.3 is 29.0 Å². The first-order chi connectivity index (χ1) is 16.3. The zero-order valence-electron chi connectivity index (χ0n) is 18.6. The predicted molar refractivity (Wildman–Crippen MR) is 125 cm³/mol. The minimum Gasteiger partial charge on any atom is -0.432 e. The third-order valence-corrected chi connectivity index (χ3v) is 5.57. The zero-order chi connectivity index (χ0) is 24.5. The molecule has 3 N–H and O–H groups in total. The Morgan fingerprint density at radius 3 is 2.91 bits per heavy atom. The summed E-state index contributed by atoms with van der Waals surface area (Å²) < 4.78 is 28.5. The molecule has 14 heteroatoms. The summed E-state index contributed by atoms with van der Waals surface area (Å²) in [4.78, 5) is 34.0. The summed E-state index contributed by atoms with van der Waals surface area (Å²) >= 11 is 6.01. The van der Waals surface area contributed by atoms with Crippen molar-refractivity contribution in [2.75, 3.05) is 25.5 Å². The zero-order valence-corrected chi connectivity index (χ0v) is 20.3. The maximum absolute atomic E-state index is 11.9. The molecule has 12 nitrogen and oxygen atoms in total. The number of fused-ring (bicyclic) bond motifs is 1. The van der Waals surface area contributed by atoms with Gasteiger partial charge in [-0.3, -0.25) is 14.3 Å². The van der Waals surface area contributed by atoms with Gasteiger partial charge in [-0.2, -0.15) is 4.98 Å². The van der Waals surface area contributed by atoms with Gasteiger partial charge in [0, 0.05) is 11.6 Å². The van der Waals surface area contributed by atoms with Crippen molar-refractivity contribution in [3.63, 3.8) is 0 Å². The van der Waals surface area contributed by atoms with Crippen LogP contribution in [0.25, 0.3) is 11.2 Å². The molecule has 0 radical (unpaired) electrons. The van der Waals surface area contributed by atoms with Gasteiger partial charge in [0.2, 0.25) is 21.1 Å². The summed E-state index contributed by atoms with van der Waals surface area (Å²) in [5.74, 6) is 0.00231. The molecule has 3 rings (SSSR count). The summed E-state index contributed by atoms with van der Waals surface area (Å²) in [7, 11) is -1.57. The van der Waals surface area contributed by atoms with Crippen molar-refractivity contribution in [2.45, 2.75) is 33.1 Å². The molecular weight excluding hydrogens is 489 g/mol. The normalized spacial score (nSPS) is 12.2. The first kappa shape index (κ1) is 25.9. The predicted octanol–water partition coefficient (Wildman–Crippen LogP) is 3.39.